The van der Waals surface area contributed by atoms with Crippen molar-refractivity contribution in [3.05, 3.63) is 76.9 Å². The van der Waals surface area contributed by atoms with Crippen LogP contribution in [0.2, 0.25) is 5.02 Å². The molecule has 3 aromatic rings. The molecule has 0 bridgehead atoms. The van der Waals surface area contributed by atoms with Gasteiger partial charge in [0.1, 0.15) is 11.3 Å². The van der Waals surface area contributed by atoms with Crippen LogP contribution < -0.4 is 4.74 Å². The van der Waals surface area contributed by atoms with Crippen LogP contribution in [0.3, 0.4) is 0 Å². The average Bonchev–Trinajstić information content (AvgIpc) is 2.73. The highest BCUT2D eigenvalue weighted by molar-refractivity contribution is 7.90. The zero-order valence-electron chi connectivity index (χ0n) is 15.8. The summed E-state index contributed by atoms with van der Waals surface area (Å²) in [5.41, 5.74) is -0.0961. The Morgan fingerprint density at radius 2 is 1.74 bits per heavy atom. The molecule has 1 heterocycles. The van der Waals surface area contributed by atoms with Crippen LogP contribution in [-0.2, 0) is 14.7 Å². The molecule has 0 saturated heterocycles. The predicted molar refractivity (Wildman–Crippen MR) is 108 cm³/mol. The first-order valence-corrected chi connectivity index (χ1v) is 10.5. The monoisotopic (exact) mass is 466 g/mol. The molecule has 0 unspecified atom stereocenters. The molecule has 0 spiro atoms. The van der Waals surface area contributed by atoms with E-state index >= 15 is 0 Å². The number of halogens is 1. The number of carboxylic acid groups (broad SMARTS) is 1. The number of carboxylic acids is 1. The molecule has 0 aliphatic rings. The Kier molecular flexibility index (Phi) is 8.02. The molecule has 0 aliphatic carbocycles. The quantitative estimate of drug-likeness (QED) is 0.325. The summed E-state index contributed by atoms with van der Waals surface area (Å²) in [6, 6.07) is 14.4. The maximum absolute atomic E-state index is 11.4. The largest absolute Gasteiger partial charge is 0.477 e. The third-order valence-corrected chi connectivity index (χ3v) is 4.49. The lowest BCUT2D eigenvalue weighted by molar-refractivity contribution is -0.182. The zero-order chi connectivity index (χ0) is 23.0. The van der Waals surface area contributed by atoms with E-state index in [9.17, 15) is 18.0 Å². The van der Waals surface area contributed by atoms with Gasteiger partial charge in [0.25, 0.3) is 0 Å². The molecule has 2 aromatic carbocycles. The molecule has 0 atom stereocenters. The van der Waals surface area contributed by atoms with Crippen LogP contribution in [0.1, 0.15) is 20.7 Å². The van der Waals surface area contributed by atoms with E-state index < -0.39 is 26.9 Å². The van der Waals surface area contributed by atoms with Gasteiger partial charge in [-0.2, -0.15) is 10.2 Å². The van der Waals surface area contributed by atoms with Gasteiger partial charge in [-0.25, -0.2) is 23.0 Å². The molecule has 0 amide bonds. The molecular formula is C19H15ClN2O8S. The van der Waals surface area contributed by atoms with E-state index in [2.05, 4.69) is 14.9 Å². The number of ether oxygens (including phenoxy) is 1. The van der Waals surface area contributed by atoms with Crippen molar-refractivity contribution >= 4 is 33.4 Å². The first kappa shape index (κ1) is 23.7. The number of para-hydroxylation sites is 1. The van der Waals surface area contributed by atoms with E-state index in [0.717, 1.165) is 12.5 Å². The minimum Gasteiger partial charge on any atom is -0.477 e. The third kappa shape index (κ3) is 7.03. The molecule has 2 N–H and O–H groups in total. The Labute approximate surface area is 181 Å². The van der Waals surface area contributed by atoms with Crippen molar-refractivity contribution in [1.29, 1.82) is 0 Å². The molecule has 12 heteroatoms. The van der Waals surface area contributed by atoms with Crippen molar-refractivity contribution < 1.29 is 38.0 Å². The van der Waals surface area contributed by atoms with Crippen molar-refractivity contribution in [2.75, 3.05) is 6.26 Å². The Morgan fingerprint density at radius 3 is 2.29 bits per heavy atom. The fourth-order valence-corrected chi connectivity index (χ4v) is 2.71. The SMILES string of the molecule is CS(=O)(=O)c1ncc(C(=O)O)c(Oc2ccccc2)n1.O=C(OO)c1cccc(Cl)c1. The van der Waals surface area contributed by atoms with Crippen molar-refractivity contribution in [3.8, 4) is 11.6 Å². The average molecular weight is 467 g/mol. The van der Waals surface area contributed by atoms with E-state index in [1.165, 1.54) is 12.1 Å². The minimum atomic E-state index is -3.66. The van der Waals surface area contributed by atoms with Crippen LogP contribution in [0.25, 0.3) is 0 Å². The van der Waals surface area contributed by atoms with Crippen molar-refractivity contribution in [1.82, 2.24) is 9.97 Å². The molecule has 0 radical (unpaired) electrons. The zero-order valence-corrected chi connectivity index (χ0v) is 17.4. The third-order valence-electron chi connectivity index (χ3n) is 3.39. The van der Waals surface area contributed by atoms with E-state index in [0.29, 0.717) is 10.8 Å². The number of carbonyl (C=O) groups excluding carboxylic acids is 1. The molecule has 0 saturated carbocycles. The first-order chi connectivity index (χ1) is 14.6. The topological polar surface area (TPSA) is 153 Å². The maximum atomic E-state index is 11.4. The number of carbonyl (C=O) groups is 2. The molecule has 1 aromatic heterocycles. The highest BCUT2D eigenvalue weighted by Gasteiger charge is 2.20. The van der Waals surface area contributed by atoms with E-state index in [1.54, 1.807) is 42.5 Å². The minimum absolute atomic E-state index is 0.222. The Balaban J connectivity index is 0.000000262. The predicted octanol–water partition coefficient (Wildman–Crippen LogP) is 3.34. The number of nitrogens with zero attached hydrogens (tertiary/aromatic N) is 2. The lowest BCUT2D eigenvalue weighted by Gasteiger charge is -2.08. The number of benzene rings is 2. The second kappa shape index (κ2) is 10.5. The highest BCUT2D eigenvalue weighted by atomic mass is 35.5. The number of aromatic nitrogens is 2. The molecule has 10 nitrogen and oxygen atoms in total. The summed E-state index contributed by atoms with van der Waals surface area (Å²) in [4.78, 5) is 32.4. The van der Waals surface area contributed by atoms with Gasteiger partial charge in [0.05, 0.1) is 11.8 Å². The van der Waals surface area contributed by atoms with Crippen LogP contribution in [0.4, 0.5) is 0 Å². The van der Waals surface area contributed by atoms with Gasteiger partial charge < -0.3 is 9.84 Å². The molecule has 3 rings (SSSR count). The standard InChI is InChI=1S/C12H10N2O5S.C7H5ClO3/c1-20(17,18)12-13-7-9(11(15)16)10(14-12)19-8-5-3-2-4-6-8;8-6-3-1-2-5(4-6)7(9)11-10/h2-7H,1H3,(H,15,16);1-4,10H. The molecule has 0 fully saturated rings. The van der Waals surface area contributed by atoms with E-state index in [1.807, 2.05) is 0 Å². The normalized spacial score (nSPS) is 10.4. The van der Waals surface area contributed by atoms with Crippen LogP contribution in [0.5, 0.6) is 11.6 Å². The fraction of sp³-hybridized carbons (Fsp3) is 0.0526. The molecule has 31 heavy (non-hydrogen) atoms. The summed E-state index contributed by atoms with van der Waals surface area (Å²) < 4.78 is 28.1. The molecule has 162 valence electrons. The Bertz CT molecular complexity index is 1190. The summed E-state index contributed by atoms with van der Waals surface area (Å²) in [6.45, 7) is 0. The van der Waals surface area contributed by atoms with Gasteiger partial charge in [-0.05, 0) is 30.3 Å². The number of hydrogen-bond acceptors (Lipinski definition) is 9. The van der Waals surface area contributed by atoms with E-state index in [4.69, 9.17) is 26.7 Å². The van der Waals surface area contributed by atoms with Crippen LogP contribution >= 0.6 is 11.6 Å². The summed E-state index contributed by atoms with van der Waals surface area (Å²) in [6.07, 6.45) is 1.83. The summed E-state index contributed by atoms with van der Waals surface area (Å²) in [7, 11) is -3.66. The summed E-state index contributed by atoms with van der Waals surface area (Å²) in [5.74, 6) is -2.10. The Morgan fingerprint density at radius 1 is 1.06 bits per heavy atom. The van der Waals surface area contributed by atoms with Gasteiger partial charge in [-0.1, -0.05) is 35.9 Å². The number of aromatic carboxylic acids is 1. The van der Waals surface area contributed by atoms with Crippen molar-refractivity contribution in [2.45, 2.75) is 5.16 Å². The van der Waals surface area contributed by atoms with Crippen molar-refractivity contribution in [3.63, 3.8) is 0 Å². The highest BCUT2D eigenvalue weighted by Crippen LogP contribution is 2.23. The van der Waals surface area contributed by atoms with Crippen LogP contribution in [-0.4, -0.2) is 46.9 Å². The van der Waals surface area contributed by atoms with Gasteiger partial charge in [0.15, 0.2) is 0 Å². The van der Waals surface area contributed by atoms with Crippen LogP contribution in [0.15, 0.2) is 66.0 Å². The van der Waals surface area contributed by atoms with Gasteiger partial charge in [0, 0.05) is 11.3 Å². The van der Waals surface area contributed by atoms with Crippen LogP contribution in [0, 0.1) is 0 Å². The van der Waals surface area contributed by atoms with Gasteiger partial charge in [0.2, 0.25) is 20.9 Å². The lowest BCUT2D eigenvalue weighted by Crippen LogP contribution is -2.09. The number of sulfone groups is 1. The Hall–Kier alpha value is -3.54. The second-order valence-corrected chi connectivity index (χ2v) is 8.10. The fourth-order valence-electron chi connectivity index (χ4n) is 2.02. The summed E-state index contributed by atoms with van der Waals surface area (Å²) >= 11 is 5.56. The second-order valence-electron chi connectivity index (χ2n) is 5.75. The summed E-state index contributed by atoms with van der Waals surface area (Å²) in [5, 5.41) is 16.9. The number of rotatable bonds is 5. The number of hydrogen-bond donors (Lipinski definition) is 2. The smallest absolute Gasteiger partial charge is 0.372 e. The van der Waals surface area contributed by atoms with Gasteiger partial charge in [-0.15, -0.1) is 0 Å². The van der Waals surface area contributed by atoms with Crippen molar-refractivity contribution in [2.24, 2.45) is 0 Å². The van der Waals surface area contributed by atoms with Gasteiger partial charge in [-0.3, -0.25) is 4.89 Å². The molecular weight excluding hydrogens is 452 g/mol. The molecule has 0 aliphatic heterocycles. The lowest BCUT2D eigenvalue weighted by atomic mass is 10.2. The van der Waals surface area contributed by atoms with E-state index in [-0.39, 0.29) is 17.0 Å². The first-order valence-electron chi connectivity index (χ1n) is 8.26. The van der Waals surface area contributed by atoms with Gasteiger partial charge >= 0.3 is 11.9 Å². The maximum Gasteiger partial charge on any atom is 0.372 e.